The number of amides is 1. The number of aryl methyl sites for hydroxylation is 2. The van der Waals surface area contributed by atoms with Gasteiger partial charge in [0.25, 0.3) is 11.5 Å². The van der Waals surface area contributed by atoms with E-state index in [1.54, 1.807) is 18.2 Å². The highest BCUT2D eigenvalue weighted by molar-refractivity contribution is 5.97. The lowest BCUT2D eigenvalue weighted by atomic mass is 10.1. The van der Waals surface area contributed by atoms with Gasteiger partial charge in [0, 0.05) is 23.9 Å². The fraction of sp³-hybridized carbons (Fsp3) is 0.182. The second kappa shape index (κ2) is 8.43. The maximum absolute atomic E-state index is 12.6. The van der Waals surface area contributed by atoms with Gasteiger partial charge in [0.05, 0.1) is 12.7 Å². The van der Waals surface area contributed by atoms with Crippen LogP contribution in [0, 0.1) is 13.8 Å². The Morgan fingerprint density at radius 3 is 2.46 bits per heavy atom. The van der Waals surface area contributed by atoms with Crippen LogP contribution in [0.15, 0.2) is 59.4 Å². The van der Waals surface area contributed by atoms with Crippen LogP contribution in [-0.2, 0) is 6.54 Å². The molecule has 3 rings (SSSR count). The predicted octanol–water partition coefficient (Wildman–Crippen LogP) is 3.72. The summed E-state index contributed by atoms with van der Waals surface area (Å²) in [7, 11) is 1.49. The Morgan fingerprint density at radius 1 is 1.04 bits per heavy atom. The van der Waals surface area contributed by atoms with Gasteiger partial charge in [-0.2, -0.15) is 0 Å². The summed E-state index contributed by atoms with van der Waals surface area (Å²) >= 11 is 0. The number of H-pyrrole nitrogens is 1. The second-order valence-corrected chi connectivity index (χ2v) is 6.40. The molecule has 144 valence electrons. The zero-order chi connectivity index (χ0) is 20.1. The van der Waals surface area contributed by atoms with Gasteiger partial charge in [-0.1, -0.05) is 18.2 Å². The number of hydrogen-bond donors (Lipinski definition) is 2. The Morgan fingerprint density at radius 2 is 1.79 bits per heavy atom. The molecule has 0 atom stereocenters. The molecule has 0 unspecified atom stereocenters. The summed E-state index contributed by atoms with van der Waals surface area (Å²) in [5.74, 6) is 1.31. The van der Waals surface area contributed by atoms with E-state index in [1.165, 1.54) is 7.11 Å². The van der Waals surface area contributed by atoms with Crippen molar-refractivity contribution in [1.29, 1.82) is 0 Å². The molecule has 0 aliphatic carbocycles. The number of rotatable bonds is 6. The molecule has 1 heterocycles. The van der Waals surface area contributed by atoms with Gasteiger partial charge in [-0.3, -0.25) is 9.59 Å². The zero-order valence-corrected chi connectivity index (χ0v) is 16.0. The molecule has 1 amide bonds. The molecule has 6 nitrogen and oxygen atoms in total. The minimum atomic E-state index is -0.331. The van der Waals surface area contributed by atoms with Crippen molar-refractivity contribution in [2.75, 3.05) is 7.11 Å². The number of hydrogen-bond acceptors (Lipinski definition) is 4. The number of carbonyl (C=O) groups excluding carboxylic acids is 1. The Bertz CT molecular complexity index is 1040. The standard InChI is InChI=1S/C22H22N2O4/c1-14-11-15(2)24-22(26)19(14)13-23-21(25)18-10-9-17(12-20(18)27-3)28-16-7-5-4-6-8-16/h4-12H,13H2,1-3H3,(H,23,25)(H,24,26). The van der Waals surface area contributed by atoms with Crippen molar-refractivity contribution >= 4 is 5.91 Å². The van der Waals surface area contributed by atoms with E-state index in [2.05, 4.69) is 10.3 Å². The van der Waals surface area contributed by atoms with Gasteiger partial charge in [0.15, 0.2) is 0 Å². The predicted molar refractivity (Wildman–Crippen MR) is 107 cm³/mol. The molecule has 1 aromatic heterocycles. The van der Waals surface area contributed by atoms with E-state index in [0.29, 0.717) is 28.4 Å². The lowest BCUT2D eigenvalue weighted by Crippen LogP contribution is -2.28. The molecule has 0 spiro atoms. The first-order valence-electron chi connectivity index (χ1n) is 8.86. The van der Waals surface area contributed by atoms with Gasteiger partial charge in [-0.05, 0) is 49.7 Å². The zero-order valence-electron chi connectivity index (χ0n) is 16.0. The third kappa shape index (κ3) is 4.40. The number of aromatic nitrogens is 1. The normalized spacial score (nSPS) is 10.4. The van der Waals surface area contributed by atoms with Crippen molar-refractivity contribution < 1.29 is 14.3 Å². The molecule has 2 aromatic carbocycles. The third-order valence-corrected chi connectivity index (χ3v) is 4.32. The first-order chi connectivity index (χ1) is 13.5. The number of nitrogens with one attached hydrogen (secondary N) is 2. The summed E-state index contributed by atoms with van der Waals surface area (Å²) in [5, 5.41) is 2.78. The van der Waals surface area contributed by atoms with Crippen LogP contribution < -0.4 is 20.3 Å². The van der Waals surface area contributed by atoms with Crippen LogP contribution in [-0.4, -0.2) is 18.0 Å². The lowest BCUT2D eigenvalue weighted by Gasteiger charge is -2.12. The molecular weight excluding hydrogens is 356 g/mol. The van der Waals surface area contributed by atoms with E-state index >= 15 is 0 Å². The number of pyridine rings is 1. The highest BCUT2D eigenvalue weighted by atomic mass is 16.5. The average Bonchev–Trinajstić information content (AvgIpc) is 2.67. The van der Waals surface area contributed by atoms with Crippen LogP contribution in [0.5, 0.6) is 17.2 Å². The summed E-state index contributed by atoms with van der Waals surface area (Å²) in [6.07, 6.45) is 0. The van der Waals surface area contributed by atoms with Crippen molar-refractivity contribution in [2.24, 2.45) is 0 Å². The van der Waals surface area contributed by atoms with Crippen molar-refractivity contribution in [3.63, 3.8) is 0 Å². The molecule has 0 aliphatic heterocycles. The number of methoxy groups -OCH3 is 1. The van der Waals surface area contributed by atoms with E-state index in [-0.39, 0.29) is 18.0 Å². The SMILES string of the molecule is COc1cc(Oc2ccccc2)ccc1C(=O)NCc1c(C)cc(C)[nH]c1=O. The highest BCUT2D eigenvalue weighted by Gasteiger charge is 2.15. The van der Waals surface area contributed by atoms with E-state index in [0.717, 1.165) is 11.3 Å². The number of aromatic amines is 1. The maximum atomic E-state index is 12.6. The summed E-state index contributed by atoms with van der Waals surface area (Å²) in [6.45, 7) is 3.80. The van der Waals surface area contributed by atoms with Crippen LogP contribution in [0.4, 0.5) is 0 Å². The molecule has 0 radical (unpaired) electrons. The van der Waals surface area contributed by atoms with Crippen molar-refractivity contribution in [3.8, 4) is 17.2 Å². The highest BCUT2D eigenvalue weighted by Crippen LogP contribution is 2.28. The Labute approximate surface area is 163 Å². The molecule has 0 saturated carbocycles. The van der Waals surface area contributed by atoms with Gasteiger partial charge in [0.1, 0.15) is 17.2 Å². The molecule has 28 heavy (non-hydrogen) atoms. The van der Waals surface area contributed by atoms with E-state index < -0.39 is 0 Å². The molecule has 0 fully saturated rings. The maximum Gasteiger partial charge on any atom is 0.255 e. The second-order valence-electron chi connectivity index (χ2n) is 6.40. The van der Waals surface area contributed by atoms with Crippen molar-refractivity contribution in [1.82, 2.24) is 10.3 Å². The van der Waals surface area contributed by atoms with Gasteiger partial charge in [0.2, 0.25) is 0 Å². The summed E-state index contributed by atoms with van der Waals surface area (Å²) < 4.78 is 11.1. The number of benzene rings is 2. The smallest absolute Gasteiger partial charge is 0.255 e. The van der Waals surface area contributed by atoms with Crippen LogP contribution in [0.3, 0.4) is 0 Å². The minimum Gasteiger partial charge on any atom is -0.496 e. The fourth-order valence-corrected chi connectivity index (χ4v) is 2.91. The third-order valence-electron chi connectivity index (χ3n) is 4.32. The van der Waals surface area contributed by atoms with Crippen molar-refractivity contribution in [2.45, 2.75) is 20.4 Å². The van der Waals surface area contributed by atoms with Gasteiger partial charge in [-0.25, -0.2) is 0 Å². The summed E-state index contributed by atoms with van der Waals surface area (Å²) in [6, 6.07) is 16.2. The van der Waals surface area contributed by atoms with Crippen LogP contribution in [0.1, 0.15) is 27.2 Å². The molecule has 3 aromatic rings. The monoisotopic (exact) mass is 378 g/mol. The van der Waals surface area contributed by atoms with Crippen LogP contribution in [0.2, 0.25) is 0 Å². The van der Waals surface area contributed by atoms with Crippen molar-refractivity contribution in [3.05, 3.63) is 87.3 Å². The fourth-order valence-electron chi connectivity index (χ4n) is 2.91. The topological polar surface area (TPSA) is 80.4 Å². The first kappa shape index (κ1) is 19.2. The summed E-state index contributed by atoms with van der Waals surface area (Å²) in [5.41, 5.74) is 2.32. The van der Waals surface area contributed by atoms with Crippen LogP contribution >= 0.6 is 0 Å². The molecule has 2 N–H and O–H groups in total. The van der Waals surface area contributed by atoms with Gasteiger partial charge < -0.3 is 19.8 Å². The molecule has 0 saturated heterocycles. The molecule has 6 heteroatoms. The summed E-state index contributed by atoms with van der Waals surface area (Å²) in [4.78, 5) is 27.5. The molecule has 0 bridgehead atoms. The Balaban J connectivity index is 1.75. The van der Waals surface area contributed by atoms with Crippen LogP contribution in [0.25, 0.3) is 0 Å². The largest absolute Gasteiger partial charge is 0.496 e. The van der Waals surface area contributed by atoms with E-state index in [4.69, 9.17) is 9.47 Å². The number of para-hydroxylation sites is 1. The minimum absolute atomic E-state index is 0.131. The first-order valence-corrected chi connectivity index (χ1v) is 8.86. The average molecular weight is 378 g/mol. The van der Waals surface area contributed by atoms with E-state index in [1.807, 2.05) is 50.2 Å². The van der Waals surface area contributed by atoms with Gasteiger partial charge >= 0.3 is 0 Å². The van der Waals surface area contributed by atoms with E-state index in [9.17, 15) is 9.59 Å². The Hall–Kier alpha value is -3.54. The van der Waals surface area contributed by atoms with Gasteiger partial charge in [-0.15, -0.1) is 0 Å². The molecular formula is C22H22N2O4. The molecule has 0 aliphatic rings. The lowest BCUT2D eigenvalue weighted by molar-refractivity contribution is 0.0947. The Kier molecular flexibility index (Phi) is 5.79. The number of carbonyl (C=O) groups is 1. The number of ether oxygens (including phenoxy) is 2. The quantitative estimate of drug-likeness (QED) is 0.685.